The zero-order valence-electron chi connectivity index (χ0n) is 22.1. The number of amides is 2. The van der Waals surface area contributed by atoms with Crippen molar-refractivity contribution in [2.75, 3.05) is 24.6 Å². The van der Waals surface area contributed by atoms with E-state index in [0.717, 1.165) is 5.69 Å². The van der Waals surface area contributed by atoms with Gasteiger partial charge in [0.2, 0.25) is 0 Å². The molecule has 1 N–H and O–H groups in total. The van der Waals surface area contributed by atoms with Gasteiger partial charge in [-0.05, 0) is 48.4 Å². The van der Waals surface area contributed by atoms with E-state index in [0.29, 0.717) is 28.5 Å². The third kappa shape index (κ3) is 5.07. The number of hydrogen-bond acceptors (Lipinski definition) is 8. The summed E-state index contributed by atoms with van der Waals surface area (Å²) in [4.78, 5) is 50.5. The number of non-ortho nitro benzene ring substituents is 1. The van der Waals surface area contributed by atoms with Crippen LogP contribution in [0.2, 0.25) is 0 Å². The van der Waals surface area contributed by atoms with Gasteiger partial charge in [0.05, 0.1) is 11.5 Å². The molecule has 0 fully saturated rings. The maximum absolute atomic E-state index is 13.1. The largest absolute Gasteiger partial charge is 0.492 e. The summed E-state index contributed by atoms with van der Waals surface area (Å²) in [6.07, 6.45) is 3.12. The number of para-hydroxylation sites is 1. The maximum Gasteiger partial charge on any atom is 0.323 e. The number of fused-ring (bicyclic) bond motifs is 1. The van der Waals surface area contributed by atoms with Crippen molar-refractivity contribution in [2.45, 2.75) is 26.2 Å². The zero-order valence-corrected chi connectivity index (χ0v) is 22.1. The monoisotopic (exact) mass is 542 g/mol. The smallest absolute Gasteiger partial charge is 0.323 e. The summed E-state index contributed by atoms with van der Waals surface area (Å²) < 4.78 is 5.89. The van der Waals surface area contributed by atoms with Crippen LogP contribution in [0.3, 0.4) is 0 Å². The summed E-state index contributed by atoms with van der Waals surface area (Å²) in [5.74, 6) is -2.51. The first-order valence-corrected chi connectivity index (χ1v) is 12.3. The van der Waals surface area contributed by atoms with Gasteiger partial charge in [0.15, 0.2) is 0 Å². The normalized spacial score (nSPS) is 18.2. The third-order valence-electron chi connectivity index (χ3n) is 6.94. The van der Waals surface area contributed by atoms with Gasteiger partial charge in [0, 0.05) is 34.5 Å². The van der Waals surface area contributed by atoms with Crippen molar-refractivity contribution in [3.8, 4) is 11.8 Å². The van der Waals surface area contributed by atoms with Gasteiger partial charge in [-0.25, -0.2) is 0 Å². The van der Waals surface area contributed by atoms with Crippen LogP contribution in [0.5, 0.6) is 5.75 Å². The number of allylic oxidation sites excluding steroid dienone is 3. The number of aliphatic carboxylic acids is 1. The topological polar surface area (TPSA) is 154 Å². The number of carboxylic acid groups (broad SMARTS) is 1. The lowest BCUT2D eigenvalue weighted by Crippen LogP contribution is -2.45. The van der Waals surface area contributed by atoms with Crippen molar-refractivity contribution >= 4 is 29.2 Å². The van der Waals surface area contributed by atoms with Gasteiger partial charge in [-0.3, -0.25) is 29.4 Å². The Morgan fingerprint density at radius 3 is 2.45 bits per heavy atom. The number of carbonyl (C=O) groups excluding carboxylic acids is 2. The average molecular weight is 543 g/mol. The van der Waals surface area contributed by atoms with E-state index in [1.165, 1.54) is 25.1 Å². The second-order valence-electron chi connectivity index (χ2n) is 9.73. The van der Waals surface area contributed by atoms with Gasteiger partial charge < -0.3 is 14.7 Å². The summed E-state index contributed by atoms with van der Waals surface area (Å²) >= 11 is 0. The molecule has 2 aliphatic heterocycles. The van der Waals surface area contributed by atoms with Gasteiger partial charge in [-0.2, -0.15) is 5.26 Å². The lowest BCUT2D eigenvalue weighted by atomic mass is 9.83. The minimum absolute atomic E-state index is 0.00289. The molecule has 2 aromatic carbocycles. The molecule has 0 radical (unpaired) electrons. The van der Waals surface area contributed by atoms with E-state index in [2.05, 4.69) is 0 Å². The minimum Gasteiger partial charge on any atom is -0.492 e. The molecule has 0 aliphatic carbocycles. The number of nitriles is 1. The highest BCUT2D eigenvalue weighted by Gasteiger charge is 2.41. The number of benzene rings is 2. The van der Waals surface area contributed by atoms with Gasteiger partial charge in [0.1, 0.15) is 30.5 Å². The van der Waals surface area contributed by atoms with Crippen LogP contribution in [0.15, 0.2) is 83.1 Å². The molecule has 204 valence electrons. The van der Waals surface area contributed by atoms with Gasteiger partial charge in [0.25, 0.3) is 17.5 Å². The Morgan fingerprint density at radius 1 is 1.12 bits per heavy atom. The van der Waals surface area contributed by atoms with Crippen molar-refractivity contribution in [3.05, 3.63) is 98.8 Å². The van der Waals surface area contributed by atoms with Gasteiger partial charge >= 0.3 is 5.97 Å². The molecule has 4 rings (SSSR count). The average Bonchev–Trinajstić information content (AvgIpc) is 3.12. The molecule has 0 saturated carbocycles. The second kappa shape index (κ2) is 10.9. The van der Waals surface area contributed by atoms with Crippen molar-refractivity contribution in [1.29, 1.82) is 5.26 Å². The van der Waals surface area contributed by atoms with Crippen LogP contribution < -0.4 is 9.64 Å². The molecule has 11 nitrogen and oxygen atoms in total. The molecular formula is C29H26N4O7. The molecule has 11 heteroatoms. The van der Waals surface area contributed by atoms with Crippen molar-refractivity contribution in [2.24, 2.45) is 0 Å². The number of nitro groups is 1. The first-order valence-electron chi connectivity index (χ1n) is 12.3. The zero-order chi connectivity index (χ0) is 29.2. The Morgan fingerprint density at radius 2 is 1.82 bits per heavy atom. The van der Waals surface area contributed by atoms with Gasteiger partial charge in [-0.1, -0.05) is 32.0 Å². The summed E-state index contributed by atoms with van der Waals surface area (Å²) in [5.41, 5.74) is 1.15. The molecule has 0 bridgehead atoms. The highest BCUT2D eigenvalue weighted by atomic mass is 16.6. The number of imide groups is 1. The third-order valence-corrected chi connectivity index (χ3v) is 6.94. The number of carbonyl (C=O) groups is 3. The van der Waals surface area contributed by atoms with E-state index in [9.17, 15) is 34.9 Å². The van der Waals surface area contributed by atoms with Crippen LogP contribution in [-0.2, 0) is 19.8 Å². The molecule has 0 spiro atoms. The molecule has 2 aliphatic rings. The number of nitrogens with zero attached hydrogens (tertiary/aromatic N) is 4. The van der Waals surface area contributed by atoms with E-state index >= 15 is 0 Å². The summed E-state index contributed by atoms with van der Waals surface area (Å²) in [6, 6.07) is 15.6. The first-order chi connectivity index (χ1) is 19.0. The minimum atomic E-state index is -1.39. The van der Waals surface area contributed by atoms with Crippen molar-refractivity contribution < 1.29 is 29.2 Å². The predicted molar refractivity (Wildman–Crippen MR) is 144 cm³/mol. The first kappa shape index (κ1) is 27.8. The highest BCUT2D eigenvalue weighted by molar-refractivity contribution is 6.19. The van der Waals surface area contributed by atoms with Crippen LogP contribution in [0.1, 0.15) is 26.3 Å². The number of rotatable bonds is 8. The molecule has 2 heterocycles. The lowest BCUT2D eigenvalue weighted by Gasteiger charge is -2.28. The van der Waals surface area contributed by atoms with Gasteiger partial charge in [-0.15, -0.1) is 0 Å². The number of ether oxygens (including phenoxy) is 1. The Balaban J connectivity index is 1.79. The molecule has 2 amide bonds. The lowest BCUT2D eigenvalue weighted by molar-refractivity contribution is -0.384. The fourth-order valence-corrected chi connectivity index (χ4v) is 4.89. The molecule has 0 unspecified atom stereocenters. The predicted octanol–water partition coefficient (Wildman–Crippen LogP) is 3.88. The van der Waals surface area contributed by atoms with Crippen LogP contribution in [0.4, 0.5) is 11.4 Å². The highest BCUT2D eigenvalue weighted by Crippen LogP contribution is 2.49. The Hall–Kier alpha value is -5.24. The Kier molecular flexibility index (Phi) is 7.54. The standard InChI is InChI=1S/C29H26N4O7/c1-18-21(27(36)32(17-26(34)35)28(37)22(18)16-30)10-12-25-29(2,3)23-15-19(33(38)39)9-11-24(23)31(25)13-14-40-20-7-5-4-6-8-20/h4-12,15H,13-14,17H2,1-3H3,(H,34,35)/b21-10-,25-12+. The quantitative estimate of drug-likeness (QED) is 0.226. The van der Waals surface area contributed by atoms with E-state index in [4.69, 9.17) is 4.74 Å². The van der Waals surface area contributed by atoms with Crippen LogP contribution >= 0.6 is 0 Å². The van der Waals surface area contributed by atoms with Crippen LogP contribution in [0.25, 0.3) is 0 Å². The van der Waals surface area contributed by atoms with E-state index in [1.54, 1.807) is 18.2 Å². The van der Waals surface area contributed by atoms with Crippen molar-refractivity contribution in [3.63, 3.8) is 0 Å². The van der Waals surface area contributed by atoms with Crippen LogP contribution in [0, 0.1) is 21.4 Å². The second-order valence-corrected chi connectivity index (χ2v) is 9.73. The van der Waals surface area contributed by atoms with E-state index in [-0.39, 0.29) is 29.0 Å². The molecule has 0 saturated heterocycles. The Labute approximate surface area is 230 Å². The SMILES string of the molecule is CC1=C(C#N)C(=O)N(CC(=O)O)C(=O)/C1=C\C=C1\N(CCOc2ccccc2)c2ccc([N+](=O)[O-])cc2C1(C)C. The molecule has 2 aromatic rings. The number of anilines is 1. The number of nitro benzene ring substituents is 1. The Bertz CT molecular complexity index is 1550. The fraction of sp³-hybridized carbons (Fsp3) is 0.241. The summed E-state index contributed by atoms with van der Waals surface area (Å²) in [7, 11) is 0. The van der Waals surface area contributed by atoms with Crippen molar-refractivity contribution in [1.82, 2.24) is 4.90 Å². The fourth-order valence-electron chi connectivity index (χ4n) is 4.89. The summed E-state index contributed by atoms with van der Waals surface area (Å²) in [5, 5.41) is 30.2. The molecule has 0 aromatic heterocycles. The molecule has 0 atom stereocenters. The van der Waals surface area contributed by atoms with E-state index < -0.39 is 34.7 Å². The number of carboxylic acids is 1. The number of hydrogen-bond donors (Lipinski definition) is 1. The molecular weight excluding hydrogens is 516 g/mol. The van der Waals surface area contributed by atoms with Crippen LogP contribution in [-0.4, -0.2) is 52.4 Å². The summed E-state index contributed by atoms with van der Waals surface area (Å²) in [6.45, 7) is 5.01. The maximum atomic E-state index is 13.1. The molecule has 40 heavy (non-hydrogen) atoms. The van der Waals surface area contributed by atoms with E-state index in [1.807, 2.05) is 49.1 Å².